The fourth-order valence-electron chi connectivity index (χ4n) is 4.07. The number of carbonyl (C=O) groups is 2. The van der Waals surface area contributed by atoms with Gasteiger partial charge in [0, 0.05) is 42.2 Å². The summed E-state index contributed by atoms with van der Waals surface area (Å²) < 4.78 is 5.18. The van der Waals surface area contributed by atoms with Gasteiger partial charge >= 0.3 is 0 Å². The summed E-state index contributed by atoms with van der Waals surface area (Å²) in [7, 11) is 5.58. The van der Waals surface area contributed by atoms with E-state index in [1.165, 1.54) is 6.21 Å². The van der Waals surface area contributed by atoms with E-state index in [4.69, 9.17) is 4.74 Å². The first kappa shape index (κ1) is 26.2. The molecule has 0 saturated heterocycles. The number of hydrogen-bond donors (Lipinski definition) is 3. The Balaban J connectivity index is 1.21. The lowest BCUT2D eigenvalue weighted by Crippen LogP contribution is -2.17. The highest BCUT2D eigenvalue weighted by Crippen LogP contribution is 2.24. The minimum Gasteiger partial charge on any atom is -0.497 e. The van der Waals surface area contributed by atoms with Crippen LogP contribution < -0.4 is 20.4 Å². The zero-order chi connectivity index (χ0) is 28.1. The van der Waals surface area contributed by atoms with Gasteiger partial charge in [-0.1, -0.05) is 12.1 Å². The molecular weight excluding hydrogens is 504 g/mol. The van der Waals surface area contributed by atoms with Crippen molar-refractivity contribution in [3.8, 4) is 17.1 Å². The molecule has 40 heavy (non-hydrogen) atoms. The lowest BCUT2D eigenvalue weighted by molar-refractivity contribution is 0.0954. The molecule has 3 N–H and O–H groups in total. The van der Waals surface area contributed by atoms with Crippen molar-refractivity contribution in [2.45, 2.75) is 0 Å². The summed E-state index contributed by atoms with van der Waals surface area (Å²) in [4.78, 5) is 35.4. The number of amides is 2. The van der Waals surface area contributed by atoms with E-state index in [0.29, 0.717) is 22.6 Å². The maximum Gasteiger partial charge on any atom is 0.271 e. The monoisotopic (exact) mass is 532 g/mol. The number of nitrogens with zero attached hydrogens (tertiary/aromatic N) is 3. The number of aromatic nitrogens is 2. The molecule has 0 atom stereocenters. The average Bonchev–Trinajstić information content (AvgIpc) is 3.41. The number of hydrogen-bond acceptors (Lipinski definition) is 6. The van der Waals surface area contributed by atoms with E-state index in [-0.39, 0.29) is 11.8 Å². The van der Waals surface area contributed by atoms with Gasteiger partial charge in [-0.2, -0.15) is 5.10 Å². The molecule has 0 aliphatic heterocycles. The van der Waals surface area contributed by atoms with Gasteiger partial charge in [-0.15, -0.1) is 0 Å². The van der Waals surface area contributed by atoms with Crippen LogP contribution in [0, 0.1) is 0 Å². The summed E-state index contributed by atoms with van der Waals surface area (Å²) in [5.41, 5.74) is 8.35. The van der Waals surface area contributed by atoms with Gasteiger partial charge in [0.25, 0.3) is 11.8 Å². The van der Waals surface area contributed by atoms with E-state index in [1.54, 1.807) is 49.6 Å². The zero-order valence-corrected chi connectivity index (χ0v) is 22.3. The van der Waals surface area contributed by atoms with Crippen LogP contribution in [-0.4, -0.2) is 49.2 Å². The number of fused-ring (bicyclic) bond motifs is 1. The number of methoxy groups -OCH3 is 1. The van der Waals surface area contributed by atoms with Crippen LogP contribution in [0.5, 0.6) is 5.75 Å². The molecule has 9 heteroatoms. The van der Waals surface area contributed by atoms with Crippen LogP contribution >= 0.6 is 0 Å². The lowest BCUT2D eigenvalue weighted by Gasteiger charge is -2.11. The molecule has 2 amide bonds. The molecule has 0 radical (unpaired) electrons. The Morgan fingerprint density at radius 1 is 0.900 bits per heavy atom. The molecule has 0 unspecified atom stereocenters. The molecule has 0 saturated carbocycles. The van der Waals surface area contributed by atoms with Crippen LogP contribution in [-0.2, 0) is 0 Å². The SMILES string of the molecule is COc1cccc(/C=N/NC(=O)c2ccc(NC(=O)c3ccc4nc(-c5ccc(N(C)C)cc5)[nH]c4c3)cc2)c1. The highest BCUT2D eigenvalue weighted by molar-refractivity contribution is 6.06. The fraction of sp³-hybridized carbons (Fsp3) is 0.0968. The Hall–Kier alpha value is -5.44. The fourth-order valence-corrected chi connectivity index (χ4v) is 4.07. The van der Waals surface area contributed by atoms with Gasteiger partial charge in [-0.25, -0.2) is 10.4 Å². The Kier molecular flexibility index (Phi) is 7.54. The number of anilines is 2. The molecule has 0 fully saturated rings. The van der Waals surface area contributed by atoms with Crippen LogP contribution in [0.3, 0.4) is 0 Å². The Morgan fingerprint density at radius 3 is 2.38 bits per heavy atom. The van der Waals surface area contributed by atoms with Gasteiger partial charge in [0.05, 0.1) is 24.4 Å². The standard InChI is InChI=1S/C31H28N6O3/c1-37(2)25-14-9-21(10-15-25)29-34-27-16-11-23(18-28(27)35-29)30(38)33-24-12-7-22(8-13-24)31(39)36-32-19-20-5-4-6-26(17-20)40-3/h4-19H,1-3H3,(H,33,38)(H,34,35)(H,36,39)/b32-19+. The van der Waals surface area contributed by atoms with Crippen molar-refractivity contribution in [2.75, 3.05) is 31.4 Å². The third kappa shape index (κ3) is 5.99. The van der Waals surface area contributed by atoms with Crippen molar-refractivity contribution in [2.24, 2.45) is 5.10 Å². The van der Waals surface area contributed by atoms with Crippen LogP contribution in [0.2, 0.25) is 0 Å². The number of H-pyrrole nitrogens is 1. The van der Waals surface area contributed by atoms with Crippen LogP contribution in [0.25, 0.3) is 22.4 Å². The lowest BCUT2D eigenvalue weighted by atomic mass is 10.1. The predicted molar refractivity (Wildman–Crippen MR) is 158 cm³/mol. The molecule has 1 aromatic heterocycles. The number of aromatic amines is 1. The smallest absolute Gasteiger partial charge is 0.271 e. The largest absolute Gasteiger partial charge is 0.497 e. The topological polar surface area (TPSA) is 112 Å². The highest BCUT2D eigenvalue weighted by atomic mass is 16.5. The van der Waals surface area contributed by atoms with E-state index in [2.05, 4.69) is 25.8 Å². The van der Waals surface area contributed by atoms with Gasteiger partial charge < -0.3 is 19.9 Å². The minimum absolute atomic E-state index is 0.270. The van der Waals surface area contributed by atoms with Crippen molar-refractivity contribution in [1.29, 1.82) is 0 Å². The molecule has 1 heterocycles. The highest BCUT2D eigenvalue weighted by Gasteiger charge is 2.12. The van der Waals surface area contributed by atoms with E-state index in [9.17, 15) is 9.59 Å². The minimum atomic E-state index is -0.367. The number of rotatable bonds is 8. The van der Waals surface area contributed by atoms with E-state index in [1.807, 2.05) is 67.5 Å². The first-order chi connectivity index (χ1) is 19.4. The van der Waals surface area contributed by atoms with Crippen LogP contribution in [0.4, 0.5) is 11.4 Å². The summed E-state index contributed by atoms with van der Waals surface area (Å²) in [5, 5.41) is 6.87. The number of hydrazone groups is 1. The molecule has 5 rings (SSSR count). The zero-order valence-electron chi connectivity index (χ0n) is 22.3. The molecule has 0 spiro atoms. The van der Waals surface area contributed by atoms with Gasteiger partial charge in [0.2, 0.25) is 0 Å². The second-order valence-corrected chi connectivity index (χ2v) is 9.27. The van der Waals surface area contributed by atoms with Crippen molar-refractivity contribution in [1.82, 2.24) is 15.4 Å². The van der Waals surface area contributed by atoms with E-state index >= 15 is 0 Å². The Morgan fingerprint density at radius 2 is 1.65 bits per heavy atom. The van der Waals surface area contributed by atoms with Crippen LogP contribution in [0.1, 0.15) is 26.3 Å². The van der Waals surface area contributed by atoms with Crippen LogP contribution in [0.15, 0.2) is 96.1 Å². The summed E-state index contributed by atoms with van der Waals surface area (Å²) in [6, 6.07) is 27.3. The number of benzene rings is 4. The van der Waals surface area contributed by atoms with Gasteiger partial charge in [0.15, 0.2) is 0 Å². The maximum atomic E-state index is 12.9. The summed E-state index contributed by atoms with van der Waals surface area (Å²) in [6.45, 7) is 0. The Bertz CT molecular complexity index is 1690. The predicted octanol–water partition coefficient (Wildman–Crippen LogP) is 5.32. The molecule has 9 nitrogen and oxygen atoms in total. The quantitative estimate of drug-likeness (QED) is 0.185. The van der Waals surface area contributed by atoms with Crippen molar-refractivity contribution < 1.29 is 14.3 Å². The van der Waals surface area contributed by atoms with Crippen molar-refractivity contribution in [3.05, 3.63) is 108 Å². The number of ether oxygens (including phenoxy) is 1. The molecule has 200 valence electrons. The summed E-state index contributed by atoms with van der Waals surface area (Å²) >= 11 is 0. The molecule has 5 aromatic rings. The first-order valence-corrected chi connectivity index (χ1v) is 12.6. The van der Waals surface area contributed by atoms with E-state index in [0.717, 1.165) is 33.7 Å². The average molecular weight is 533 g/mol. The van der Waals surface area contributed by atoms with Crippen molar-refractivity contribution in [3.63, 3.8) is 0 Å². The molecule has 4 aromatic carbocycles. The second-order valence-electron chi connectivity index (χ2n) is 9.27. The Labute approximate surface area is 231 Å². The molecular formula is C31H28N6O3. The second kappa shape index (κ2) is 11.5. The number of nitrogens with one attached hydrogen (secondary N) is 3. The normalized spacial score (nSPS) is 11.0. The van der Waals surface area contributed by atoms with Gasteiger partial charge in [-0.05, 0) is 84.4 Å². The molecule has 0 bridgehead atoms. The number of imidazole rings is 1. The van der Waals surface area contributed by atoms with Gasteiger partial charge in [0.1, 0.15) is 11.6 Å². The number of carbonyl (C=O) groups excluding carboxylic acids is 2. The third-order valence-electron chi connectivity index (χ3n) is 6.28. The molecule has 0 aliphatic carbocycles. The van der Waals surface area contributed by atoms with Gasteiger partial charge in [-0.3, -0.25) is 9.59 Å². The molecule has 0 aliphatic rings. The first-order valence-electron chi connectivity index (χ1n) is 12.6. The van der Waals surface area contributed by atoms with E-state index < -0.39 is 0 Å². The van der Waals surface area contributed by atoms with Crippen molar-refractivity contribution >= 4 is 40.4 Å². The maximum absolute atomic E-state index is 12.9. The third-order valence-corrected chi connectivity index (χ3v) is 6.28. The summed E-state index contributed by atoms with van der Waals surface area (Å²) in [6.07, 6.45) is 1.54. The summed E-state index contributed by atoms with van der Waals surface area (Å²) in [5.74, 6) is 0.801.